The molecular formula is C21H18Cl3N5OS. The number of halogens is 3. The first-order chi connectivity index (χ1) is 14.8. The van der Waals surface area contributed by atoms with E-state index in [1.807, 2.05) is 10.6 Å². The molecule has 6 nitrogen and oxygen atoms in total. The van der Waals surface area contributed by atoms with Crippen molar-refractivity contribution in [2.45, 2.75) is 31.3 Å². The lowest BCUT2D eigenvalue weighted by Gasteiger charge is -2.13. The summed E-state index contributed by atoms with van der Waals surface area (Å²) in [5, 5.41) is 11.6. The van der Waals surface area contributed by atoms with Crippen LogP contribution in [0, 0.1) is 5.92 Å². The lowest BCUT2D eigenvalue weighted by atomic mass is 10.2. The summed E-state index contributed by atoms with van der Waals surface area (Å²) >= 11 is 19.9. The molecule has 2 aromatic carbocycles. The maximum Gasteiger partial charge on any atom is 0.258 e. The first-order valence-corrected chi connectivity index (χ1v) is 11.6. The van der Waals surface area contributed by atoms with Crippen LogP contribution in [0.3, 0.4) is 0 Å². The molecule has 31 heavy (non-hydrogen) atoms. The van der Waals surface area contributed by atoms with Crippen LogP contribution in [0.15, 0.2) is 46.3 Å². The van der Waals surface area contributed by atoms with E-state index in [-0.39, 0.29) is 5.56 Å². The van der Waals surface area contributed by atoms with Gasteiger partial charge in [0, 0.05) is 22.2 Å². The Labute approximate surface area is 198 Å². The zero-order valence-electron chi connectivity index (χ0n) is 16.7. The number of thioether (sulfide) groups is 1. The first-order valence-electron chi connectivity index (χ1n) is 9.51. The Balaban J connectivity index is 1.66. The van der Waals surface area contributed by atoms with Crippen molar-refractivity contribution in [3.05, 3.63) is 67.6 Å². The molecule has 0 amide bonds. The van der Waals surface area contributed by atoms with Crippen LogP contribution in [0.2, 0.25) is 15.1 Å². The molecule has 2 heterocycles. The normalized spacial score (nSPS) is 11.5. The van der Waals surface area contributed by atoms with E-state index in [9.17, 15) is 4.79 Å². The second-order valence-corrected chi connectivity index (χ2v) is 9.62. The first kappa shape index (κ1) is 22.1. The maximum atomic E-state index is 12.4. The summed E-state index contributed by atoms with van der Waals surface area (Å²) in [5.41, 5.74) is 1.12. The van der Waals surface area contributed by atoms with Crippen molar-refractivity contribution in [1.29, 1.82) is 0 Å². The van der Waals surface area contributed by atoms with Gasteiger partial charge in [0.05, 0.1) is 21.7 Å². The fourth-order valence-corrected chi connectivity index (χ4v) is 4.63. The zero-order chi connectivity index (χ0) is 22.1. The van der Waals surface area contributed by atoms with Crippen LogP contribution < -0.4 is 5.56 Å². The summed E-state index contributed by atoms with van der Waals surface area (Å²) in [6.07, 6.45) is 0. The monoisotopic (exact) mass is 493 g/mol. The Morgan fingerprint density at radius 1 is 1.06 bits per heavy atom. The molecule has 0 aliphatic heterocycles. The summed E-state index contributed by atoms with van der Waals surface area (Å²) < 4.78 is 2.03. The van der Waals surface area contributed by atoms with E-state index in [1.54, 1.807) is 30.3 Å². The standard InChI is InChI=1S/C21H18Cl3N5OS/c1-11(2)9-29-19(14-5-3-12(22)7-16(14)24)27-28-21(29)31-10-18-25-17-8-13(23)4-6-15(17)20(30)26-18/h3-8,11H,9-10H2,1-2H3,(H,25,26,30). The Hall–Kier alpha value is -2.06. The minimum atomic E-state index is -0.199. The second-order valence-electron chi connectivity index (χ2n) is 7.40. The average Bonchev–Trinajstić information content (AvgIpc) is 3.07. The van der Waals surface area contributed by atoms with Crippen molar-refractivity contribution in [3.8, 4) is 11.4 Å². The van der Waals surface area contributed by atoms with Gasteiger partial charge in [-0.2, -0.15) is 0 Å². The van der Waals surface area contributed by atoms with Crippen molar-refractivity contribution < 1.29 is 0 Å². The second kappa shape index (κ2) is 9.20. The third kappa shape index (κ3) is 4.90. The van der Waals surface area contributed by atoms with Crippen LogP contribution in [0.4, 0.5) is 0 Å². The highest BCUT2D eigenvalue weighted by atomic mass is 35.5. The predicted molar refractivity (Wildman–Crippen MR) is 127 cm³/mol. The minimum absolute atomic E-state index is 0.199. The van der Waals surface area contributed by atoms with Gasteiger partial charge in [0.25, 0.3) is 5.56 Å². The molecule has 2 aromatic heterocycles. The molecule has 0 fully saturated rings. The van der Waals surface area contributed by atoms with Gasteiger partial charge in [0.2, 0.25) is 0 Å². The molecule has 4 aromatic rings. The van der Waals surface area contributed by atoms with Gasteiger partial charge in [-0.1, -0.05) is 60.4 Å². The molecule has 0 radical (unpaired) electrons. The highest BCUT2D eigenvalue weighted by Crippen LogP contribution is 2.32. The van der Waals surface area contributed by atoms with Gasteiger partial charge >= 0.3 is 0 Å². The Morgan fingerprint density at radius 3 is 2.55 bits per heavy atom. The molecule has 0 saturated heterocycles. The van der Waals surface area contributed by atoms with E-state index in [1.165, 1.54) is 11.8 Å². The third-order valence-electron chi connectivity index (χ3n) is 4.49. The lowest BCUT2D eigenvalue weighted by molar-refractivity contribution is 0.498. The largest absolute Gasteiger partial charge is 0.309 e. The van der Waals surface area contributed by atoms with Crippen LogP contribution in [-0.2, 0) is 12.3 Å². The van der Waals surface area contributed by atoms with Gasteiger partial charge in [-0.05, 0) is 42.3 Å². The molecule has 0 atom stereocenters. The lowest BCUT2D eigenvalue weighted by Crippen LogP contribution is -2.12. The summed E-state index contributed by atoms with van der Waals surface area (Å²) in [4.78, 5) is 19.7. The molecule has 0 saturated carbocycles. The van der Waals surface area contributed by atoms with Gasteiger partial charge in [-0.3, -0.25) is 4.79 Å². The maximum absolute atomic E-state index is 12.4. The number of benzene rings is 2. The van der Waals surface area contributed by atoms with Gasteiger partial charge in [0.1, 0.15) is 5.82 Å². The van der Waals surface area contributed by atoms with Gasteiger partial charge in [-0.25, -0.2) is 4.98 Å². The smallest absolute Gasteiger partial charge is 0.258 e. The fraction of sp³-hybridized carbons (Fsp3) is 0.238. The quantitative estimate of drug-likeness (QED) is 0.328. The molecule has 10 heteroatoms. The highest BCUT2D eigenvalue weighted by Gasteiger charge is 2.18. The molecule has 4 rings (SSSR count). The predicted octanol–water partition coefficient (Wildman–Crippen LogP) is 6.09. The van der Waals surface area contributed by atoms with E-state index in [0.29, 0.717) is 61.0 Å². The van der Waals surface area contributed by atoms with Crippen LogP contribution >= 0.6 is 46.6 Å². The van der Waals surface area contributed by atoms with Crippen molar-refractivity contribution in [3.63, 3.8) is 0 Å². The van der Waals surface area contributed by atoms with Crippen LogP contribution in [0.1, 0.15) is 19.7 Å². The molecule has 160 valence electrons. The topological polar surface area (TPSA) is 76.5 Å². The number of hydrogen-bond donors (Lipinski definition) is 1. The van der Waals surface area contributed by atoms with Crippen LogP contribution in [0.25, 0.3) is 22.3 Å². The van der Waals surface area contributed by atoms with Gasteiger partial charge < -0.3 is 9.55 Å². The molecule has 0 aliphatic rings. The molecule has 0 unspecified atom stereocenters. The number of nitrogens with one attached hydrogen (secondary N) is 1. The summed E-state index contributed by atoms with van der Waals surface area (Å²) in [5.74, 6) is 1.99. The summed E-state index contributed by atoms with van der Waals surface area (Å²) in [7, 11) is 0. The minimum Gasteiger partial charge on any atom is -0.309 e. The zero-order valence-corrected chi connectivity index (χ0v) is 19.8. The SMILES string of the molecule is CC(C)Cn1c(SCc2nc3cc(Cl)ccc3c(=O)[nH]2)nnc1-c1ccc(Cl)cc1Cl. The summed E-state index contributed by atoms with van der Waals surface area (Å²) in [6.45, 7) is 4.95. The number of aromatic amines is 1. The average molecular weight is 495 g/mol. The number of aromatic nitrogens is 5. The summed E-state index contributed by atoms with van der Waals surface area (Å²) in [6, 6.07) is 10.3. The van der Waals surface area contributed by atoms with Crippen molar-refractivity contribution in [2.24, 2.45) is 5.92 Å². The van der Waals surface area contributed by atoms with Gasteiger partial charge in [0.15, 0.2) is 11.0 Å². The van der Waals surface area contributed by atoms with E-state index >= 15 is 0 Å². The Kier molecular flexibility index (Phi) is 6.57. The molecule has 0 spiro atoms. The van der Waals surface area contributed by atoms with Crippen molar-refractivity contribution in [2.75, 3.05) is 0 Å². The molecule has 1 N–H and O–H groups in total. The van der Waals surface area contributed by atoms with Crippen LogP contribution in [0.5, 0.6) is 0 Å². The number of nitrogens with zero attached hydrogens (tertiary/aromatic N) is 4. The number of fused-ring (bicyclic) bond motifs is 1. The van der Waals surface area contributed by atoms with Crippen LogP contribution in [-0.4, -0.2) is 24.7 Å². The fourth-order valence-electron chi connectivity index (χ4n) is 3.16. The molecule has 0 bridgehead atoms. The van der Waals surface area contributed by atoms with E-state index < -0.39 is 0 Å². The van der Waals surface area contributed by atoms with Gasteiger partial charge in [-0.15, -0.1) is 10.2 Å². The molecule has 0 aliphatic carbocycles. The van der Waals surface area contributed by atoms with Crippen molar-refractivity contribution in [1.82, 2.24) is 24.7 Å². The van der Waals surface area contributed by atoms with E-state index in [2.05, 4.69) is 34.0 Å². The third-order valence-corrected chi connectivity index (χ3v) is 6.25. The Bertz CT molecular complexity index is 1320. The number of hydrogen-bond acceptors (Lipinski definition) is 5. The van der Waals surface area contributed by atoms with Crippen molar-refractivity contribution >= 4 is 57.5 Å². The number of rotatable bonds is 6. The Morgan fingerprint density at radius 2 is 1.81 bits per heavy atom. The van der Waals surface area contributed by atoms with E-state index in [4.69, 9.17) is 34.8 Å². The molecular weight excluding hydrogens is 477 g/mol. The highest BCUT2D eigenvalue weighted by molar-refractivity contribution is 7.98. The van der Waals surface area contributed by atoms with E-state index in [0.717, 1.165) is 5.56 Å². The number of H-pyrrole nitrogens is 1.